The Kier molecular flexibility index (Phi) is 3.54. The van der Waals surface area contributed by atoms with Gasteiger partial charge in [0.25, 0.3) is 0 Å². The van der Waals surface area contributed by atoms with E-state index in [1.54, 1.807) is 12.1 Å². The van der Waals surface area contributed by atoms with Crippen LogP contribution in [0.3, 0.4) is 0 Å². The van der Waals surface area contributed by atoms with Gasteiger partial charge in [-0.25, -0.2) is 4.39 Å². The molecule has 0 bridgehead atoms. The number of aliphatic hydroxyl groups excluding tert-OH is 1. The van der Waals surface area contributed by atoms with Crippen molar-refractivity contribution in [3.63, 3.8) is 0 Å². The summed E-state index contributed by atoms with van der Waals surface area (Å²) in [6.07, 6.45) is 3.01. The van der Waals surface area contributed by atoms with E-state index in [0.29, 0.717) is 12.0 Å². The fourth-order valence-corrected chi connectivity index (χ4v) is 2.00. The van der Waals surface area contributed by atoms with Crippen LogP contribution >= 0.6 is 0 Å². The number of anilines is 1. The molecule has 17 heavy (non-hydrogen) atoms. The molecule has 0 aromatic heterocycles. The maximum atomic E-state index is 12.8. The number of aliphatic hydroxyl groups is 1. The summed E-state index contributed by atoms with van der Waals surface area (Å²) in [6.45, 7) is 0. The molecule has 0 heterocycles. The van der Waals surface area contributed by atoms with Crippen molar-refractivity contribution in [1.82, 2.24) is 0 Å². The summed E-state index contributed by atoms with van der Waals surface area (Å²) < 4.78 is 12.8. The third kappa shape index (κ3) is 2.71. The second-order valence-electron chi connectivity index (χ2n) is 4.12. The van der Waals surface area contributed by atoms with Crippen molar-refractivity contribution in [1.29, 1.82) is 5.41 Å². The molecule has 1 aromatic rings. The van der Waals surface area contributed by atoms with Gasteiger partial charge in [-0.15, -0.1) is 0 Å². The first-order valence-corrected chi connectivity index (χ1v) is 5.65. The number of rotatable bonds is 3. The first-order valence-electron chi connectivity index (χ1n) is 5.65. The lowest BCUT2D eigenvalue weighted by Gasteiger charge is -2.23. The van der Waals surface area contributed by atoms with Gasteiger partial charge in [-0.1, -0.05) is 0 Å². The standard InChI is InChI=1S/C13H15FN2O/c14-9-4-6-10(7-5-9)16-12-2-1-3-13(17)11(12)8-15/h4-8,13,15-17H,1-3H2/t13-/m1/s1. The van der Waals surface area contributed by atoms with Gasteiger partial charge in [0.2, 0.25) is 0 Å². The molecule has 0 amide bonds. The molecule has 2 rings (SSSR count). The van der Waals surface area contributed by atoms with E-state index in [9.17, 15) is 9.50 Å². The van der Waals surface area contributed by atoms with E-state index in [2.05, 4.69) is 5.32 Å². The van der Waals surface area contributed by atoms with Crippen molar-refractivity contribution in [2.45, 2.75) is 25.4 Å². The Hall–Kier alpha value is -1.68. The zero-order valence-electron chi connectivity index (χ0n) is 9.41. The molecular weight excluding hydrogens is 219 g/mol. The fourth-order valence-electron chi connectivity index (χ4n) is 2.00. The molecule has 0 fully saturated rings. The average molecular weight is 234 g/mol. The van der Waals surface area contributed by atoms with E-state index in [-0.39, 0.29) is 5.82 Å². The molecule has 0 unspecified atom stereocenters. The van der Waals surface area contributed by atoms with Gasteiger partial charge in [0, 0.05) is 23.2 Å². The summed E-state index contributed by atoms with van der Waals surface area (Å²) in [4.78, 5) is 0. The Morgan fingerprint density at radius 3 is 2.71 bits per heavy atom. The first-order chi connectivity index (χ1) is 8.20. The van der Waals surface area contributed by atoms with E-state index in [1.165, 1.54) is 18.3 Å². The van der Waals surface area contributed by atoms with Gasteiger partial charge >= 0.3 is 0 Å². The second-order valence-corrected chi connectivity index (χ2v) is 4.12. The molecule has 0 radical (unpaired) electrons. The van der Waals surface area contributed by atoms with Crippen molar-refractivity contribution in [2.24, 2.45) is 0 Å². The number of benzene rings is 1. The number of hydrogen-bond acceptors (Lipinski definition) is 3. The molecule has 1 aromatic carbocycles. The largest absolute Gasteiger partial charge is 0.388 e. The van der Waals surface area contributed by atoms with Crippen molar-refractivity contribution in [3.8, 4) is 0 Å². The van der Waals surface area contributed by atoms with Gasteiger partial charge in [0.05, 0.1) is 6.10 Å². The molecule has 4 heteroatoms. The summed E-state index contributed by atoms with van der Waals surface area (Å²) in [6, 6.07) is 6.05. The van der Waals surface area contributed by atoms with E-state index in [0.717, 1.165) is 24.2 Å². The van der Waals surface area contributed by atoms with Gasteiger partial charge in [-0.05, 0) is 43.5 Å². The summed E-state index contributed by atoms with van der Waals surface area (Å²) in [5.74, 6) is -0.277. The summed E-state index contributed by atoms with van der Waals surface area (Å²) in [5, 5.41) is 20.2. The zero-order chi connectivity index (χ0) is 12.3. The van der Waals surface area contributed by atoms with Gasteiger partial charge in [-0.2, -0.15) is 0 Å². The normalized spacial score (nSPS) is 20.2. The molecular formula is C13H15FN2O. The predicted octanol–water partition coefficient (Wildman–Crippen LogP) is 2.69. The smallest absolute Gasteiger partial charge is 0.123 e. The Balaban J connectivity index is 2.21. The van der Waals surface area contributed by atoms with Crippen molar-refractivity contribution in [2.75, 3.05) is 5.32 Å². The second kappa shape index (κ2) is 5.10. The summed E-state index contributed by atoms with van der Waals surface area (Å²) in [7, 11) is 0. The highest BCUT2D eigenvalue weighted by Gasteiger charge is 2.19. The Labute approximate surface area is 99.5 Å². The van der Waals surface area contributed by atoms with Crippen molar-refractivity contribution in [3.05, 3.63) is 41.4 Å². The van der Waals surface area contributed by atoms with Crippen LogP contribution in [0.5, 0.6) is 0 Å². The minimum Gasteiger partial charge on any atom is -0.388 e. The van der Waals surface area contributed by atoms with Crippen molar-refractivity contribution >= 4 is 11.9 Å². The lowest BCUT2D eigenvalue weighted by molar-refractivity contribution is 0.196. The molecule has 0 saturated heterocycles. The van der Waals surface area contributed by atoms with Crippen LogP contribution in [0.4, 0.5) is 10.1 Å². The van der Waals surface area contributed by atoms with Crippen LogP contribution in [-0.2, 0) is 0 Å². The lowest BCUT2D eigenvalue weighted by Crippen LogP contribution is -2.21. The maximum absolute atomic E-state index is 12.8. The number of halogens is 1. The van der Waals surface area contributed by atoms with E-state index in [1.807, 2.05) is 0 Å². The molecule has 0 aliphatic heterocycles. The van der Waals surface area contributed by atoms with Crippen LogP contribution in [0.15, 0.2) is 35.5 Å². The number of nitrogens with one attached hydrogen (secondary N) is 2. The Morgan fingerprint density at radius 1 is 1.35 bits per heavy atom. The van der Waals surface area contributed by atoms with Gasteiger partial charge in [0.1, 0.15) is 5.82 Å². The molecule has 1 aliphatic carbocycles. The Bertz CT molecular complexity index is 439. The minimum atomic E-state index is -0.566. The molecule has 90 valence electrons. The predicted molar refractivity (Wildman–Crippen MR) is 65.7 cm³/mol. The molecule has 0 spiro atoms. The summed E-state index contributed by atoms with van der Waals surface area (Å²) in [5.41, 5.74) is 2.25. The minimum absolute atomic E-state index is 0.277. The maximum Gasteiger partial charge on any atom is 0.123 e. The van der Waals surface area contributed by atoms with Crippen molar-refractivity contribution < 1.29 is 9.50 Å². The highest BCUT2D eigenvalue weighted by atomic mass is 19.1. The lowest BCUT2D eigenvalue weighted by atomic mass is 9.94. The van der Waals surface area contributed by atoms with Gasteiger partial charge in [-0.3, -0.25) is 0 Å². The molecule has 0 saturated carbocycles. The quantitative estimate of drug-likeness (QED) is 0.704. The van der Waals surface area contributed by atoms with Gasteiger partial charge in [0.15, 0.2) is 0 Å². The summed E-state index contributed by atoms with van der Waals surface area (Å²) >= 11 is 0. The fraction of sp³-hybridized carbons (Fsp3) is 0.308. The van der Waals surface area contributed by atoms with Crippen LogP contribution in [0.2, 0.25) is 0 Å². The first kappa shape index (κ1) is 11.8. The van der Waals surface area contributed by atoms with Crippen LogP contribution in [0.25, 0.3) is 0 Å². The average Bonchev–Trinajstić information content (AvgIpc) is 2.32. The highest BCUT2D eigenvalue weighted by molar-refractivity contribution is 5.80. The van der Waals surface area contributed by atoms with Gasteiger partial charge < -0.3 is 15.8 Å². The monoisotopic (exact) mass is 234 g/mol. The van der Waals surface area contributed by atoms with E-state index in [4.69, 9.17) is 5.41 Å². The van der Waals surface area contributed by atoms with Crippen LogP contribution in [0.1, 0.15) is 19.3 Å². The van der Waals surface area contributed by atoms with Crippen LogP contribution < -0.4 is 5.32 Å². The third-order valence-corrected chi connectivity index (χ3v) is 2.91. The topological polar surface area (TPSA) is 56.1 Å². The van der Waals surface area contributed by atoms with E-state index < -0.39 is 6.10 Å². The Morgan fingerprint density at radius 2 is 2.06 bits per heavy atom. The molecule has 3 N–H and O–H groups in total. The zero-order valence-corrected chi connectivity index (χ0v) is 9.41. The number of allylic oxidation sites excluding steroid dienone is 1. The highest BCUT2D eigenvalue weighted by Crippen LogP contribution is 2.25. The van der Waals surface area contributed by atoms with Crippen LogP contribution in [-0.4, -0.2) is 17.4 Å². The van der Waals surface area contributed by atoms with Crippen LogP contribution in [0, 0.1) is 11.2 Å². The number of hydrogen-bond donors (Lipinski definition) is 3. The molecule has 3 nitrogen and oxygen atoms in total. The third-order valence-electron chi connectivity index (χ3n) is 2.91. The SMILES string of the molecule is N=CC1=C(Nc2ccc(F)cc2)CCC[C@H]1O. The van der Waals surface area contributed by atoms with E-state index >= 15 is 0 Å². The molecule has 1 atom stereocenters. The molecule has 1 aliphatic rings.